The molecule has 2 heterocycles. The summed E-state index contributed by atoms with van der Waals surface area (Å²) < 4.78 is 11.0. The van der Waals surface area contributed by atoms with Gasteiger partial charge in [0.15, 0.2) is 0 Å². The normalized spacial score (nSPS) is 12.0. The van der Waals surface area contributed by atoms with Gasteiger partial charge >= 0.3 is 0 Å². The minimum absolute atomic E-state index is 0.00682. The van der Waals surface area contributed by atoms with E-state index in [-0.39, 0.29) is 6.10 Å². The Hall–Kier alpha value is -2.47. The number of allylic oxidation sites excluding steroid dienone is 1. The molecule has 24 heavy (non-hydrogen) atoms. The van der Waals surface area contributed by atoms with Crippen LogP contribution in [0.4, 0.5) is 0 Å². The Morgan fingerprint density at radius 1 is 1.25 bits per heavy atom. The molecule has 0 bridgehead atoms. The summed E-state index contributed by atoms with van der Waals surface area (Å²) in [5, 5.41) is 7.98. The number of ether oxygens (including phenoxy) is 2. The molecule has 0 fully saturated rings. The fraction of sp³-hybridized carbons (Fsp3) is 0.389. The highest BCUT2D eigenvalue weighted by atomic mass is 16.5. The van der Waals surface area contributed by atoms with Gasteiger partial charge in [0.1, 0.15) is 6.10 Å². The van der Waals surface area contributed by atoms with E-state index in [0.29, 0.717) is 11.8 Å². The molecular weight excluding hydrogens is 304 g/mol. The van der Waals surface area contributed by atoms with Crippen LogP contribution in [0, 0.1) is 0 Å². The maximum atomic E-state index is 5.99. The van der Waals surface area contributed by atoms with Crippen molar-refractivity contribution in [2.75, 3.05) is 20.7 Å². The minimum atomic E-state index is 0.00682. The lowest BCUT2D eigenvalue weighted by Gasteiger charge is -2.24. The van der Waals surface area contributed by atoms with Gasteiger partial charge in [-0.2, -0.15) is 0 Å². The summed E-state index contributed by atoms with van der Waals surface area (Å²) in [7, 11) is 3.63. The second-order valence-corrected chi connectivity index (χ2v) is 5.58. The van der Waals surface area contributed by atoms with Crippen molar-refractivity contribution in [1.29, 1.82) is 0 Å². The zero-order chi connectivity index (χ0) is 17.2. The van der Waals surface area contributed by atoms with Crippen molar-refractivity contribution in [3.05, 3.63) is 54.9 Å². The molecule has 0 unspecified atom stereocenters. The molecule has 0 N–H and O–H groups in total. The number of nitrogens with zero attached hydrogens (tertiary/aromatic N) is 4. The van der Waals surface area contributed by atoms with Crippen LogP contribution in [0.15, 0.2) is 49.3 Å². The first-order valence-electron chi connectivity index (χ1n) is 7.94. The summed E-state index contributed by atoms with van der Waals surface area (Å²) in [5.74, 6) is 0.971. The van der Waals surface area contributed by atoms with Crippen molar-refractivity contribution in [3.63, 3.8) is 0 Å². The largest absolute Gasteiger partial charge is 0.480 e. The molecule has 2 aromatic rings. The highest BCUT2D eigenvalue weighted by Crippen LogP contribution is 2.15. The first-order chi connectivity index (χ1) is 11.7. The van der Waals surface area contributed by atoms with Gasteiger partial charge in [-0.1, -0.05) is 12.1 Å². The van der Waals surface area contributed by atoms with E-state index in [2.05, 4.69) is 39.8 Å². The quantitative estimate of drug-likeness (QED) is 0.625. The van der Waals surface area contributed by atoms with E-state index in [9.17, 15) is 0 Å². The van der Waals surface area contributed by atoms with E-state index < -0.39 is 0 Å². The van der Waals surface area contributed by atoms with Gasteiger partial charge in [0, 0.05) is 37.6 Å². The Kier molecular flexibility index (Phi) is 7.17. The molecule has 0 radical (unpaired) electrons. The number of hydrogen-bond acceptors (Lipinski definition) is 6. The molecule has 0 spiro atoms. The molecule has 1 atom stereocenters. The van der Waals surface area contributed by atoms with E-state index in [1.807, 2.05) is 18.3 Å². The fourth-order valence-corrected chi connectivity index (χ4v) is 2.36. The zero-order valence-corrected chi connectivity index (χ0v) is 14.3. The highest BCUT2D eigenvalue weighted by Gasteiger charge is 2.14. The van der Waals surface area contributed by atoms with Crippen LogP contribution in [0.3, 0.4) is 0 Å². The first-order valence-corrected chi connectivity index (χ1v) is 7.94. The fourth-order valence-electron chi connectivity index (χ4n) is 2.36. The number of aromatic nitrogens is 3. The van der Waals surface area contributed by atoms with Crippen LogP contribution in [0.1, 0.15) is 18.4 Å². The molecule has 6 nitrogen and oxygen atoms in total. The van der Waals surface area contributed by atoms with E-state index in [4.69, 9.17) is 9.47 Å². The smallest absolute Gasteiger partial charge is 0.233 e. The second-order valence-electron chi connectivity index (χ2n) is 5.58. The molecule has 2 aromatic heterocycles. The van der Waals surface area contributed by atoms with Gasteiger partial charge in [-0.3, -0.25) is 9.88 Å². The number of pyridine rings is 1. The van der Waals surface area contributed by atoms with Gasteiger partial charge in [0.2, 0.25) is 11.8 Å². The Labute approximate surface area is 143 Å². The predicted octanol–water partition coefficient (Wildman–Crippen LogP) is 2.73. The van der Waals surface area contributed by atoms with Crippen molar-refractivity contribution in [2.24, 2.45) is 0 Å². The SMILES string of the molecule is C=CCC[C@@H](CN(C)Cc1cccnc1)Oc1ccc(OC)nn1. The monoisotopic (exact) mass is 328 g/mol. The van der Waals surface area contributed by atoms with E-state index in [1.54, 1.807) is 25.4 Å². The summed E-state index contributed by atoms with van der Waals surface area (Å²) in [6.07, 6.45) is 7.32. The summed E-state index contributed by atoms with van der Waals surface area (Å²) in [6.45, 7) is 5.38. The number of hydrogen-bond donors (Lipinski definition) is 0. The summed E-state index contributed by atoms with van der Waals surface area (Å²) in [6, 6.07) is 7.53. The topological polar surface area (TPSA) is 60.4 Å². The molecule has 0 aromatic carbocycles. The average Bonchev–Trinajstić information content (AvgIpc) is 2.61. The Balaban J connectivity index is 1.94. The molecule has 0 saturated heterocycles. The lowest BCUT2D eigenvalue weighted by Crippen LogP contribution is -2.33. The number of rotatable bonds is 10. The Bertz CT molecular complexity index is 604. The molecular formula is C18H24N4O2. The molecule has 2 rings (SSSR count). The third-order valence-electron chi connectivity index (χ3n) is 3.50. The standard InChI is InChI=1S/C18H24N4O2/c1-4-5-8-16(24-18-10-9-17(23-3)20-21-18)14-22(2)13-15-7-6-11-19-12-15/h4,6-7,9-12,16H,1,5,8,13-14H2,2-3H3/t16-/m0/s1. The Morgan fingerprint density at radius 3 is 2.67 bits per heavy atom. The van der Waals surface area contributed by atoms with Crippen LogP contribution < -0.4 is 9.47 Å². The van der Waals surface area contributed by atoms with Gasteiger partial charge < -0.3 is 9.47 Å². The molecule has 0 aliphatic rings. The molecule has 0 saturated carbocycles. The van der Waals surface area contributed by atoms with E-state index in [1.165, 1.54) is 5.56 Å². The van der Waals surface area contributed by atoms with Crippen LogP contribution in [-0.2, 0) is 6.54 Å². The van der Waals surface area contributed by atoms with Crippen LogP contribution in [0.5, 0.6) is 11.8 Å². The van der Waals surface area contributed by atoms with Gasteiger partial charge in [-0.05, 0) is 31.5 Å². The lowest BCUT2D eigenvalue weighted by atomic mass is 10.1. The zero-order valence-electron chi connectivity index (χ0n) is 14.3. The summed E-state index contributed by atoms with van der Waals surface area (Å²) >= 11 is 0. The van der Waals surface area contributed by atoms with Gasteiger partial charge in [0.25, 0.3) is 0 Å². The van der Waals surface area contributed by atoms with Crippen LogP contribution in [0.25, 0.3) is 0 Å². The van der Waals surface area contributed by atoms with Crippen molar-refractivity contribution in [1.82, 2.24) is 20.1 Å². The number of methoxy groups -OCH3 is 1. The van der Waals surface area contributed by atoms with Gasteiger partial charge in [-0.25, -0.2) is 0 Å². The molecule has 6 heteroatoms. The average molecular weight is 328 g/mol. The van der Waals surface area contributed by atoms with Crippen molar-refractivity contribution in [2.45, 2.75) is 25.5 Å². The third kappa shape index (κ3) is 5.96. The lowest BCUT2D eigenvalue weighted by molar-refractivity contribution is 0.130. The maximum absolute atomic E-state index is 5.99. The van der Waals surface area contributed by atoms with Crippen molar-refractivity contribution >= 4 is 0 Å². The predicted molar refractivity (Wildman–Crippen MR) is 93.0 cm³/mol. The Morgan fingerprint density at radius 2 is 2.04 bits per heavy atom. The summed E-state index contributed by atoms with van der Waals surface area (Å²) in [5.41, 5.74) is 1.17. The van der Waals surface area contributed by atoms with E-state index in [0.717, 1.165) is 25.9 Å². The van der Waals surface area contributed by atoms with Crippen LogP contribution in [-0.4, -0.2) is 46.9 Å². The van der Waals surface area contributed by atoms with Crippen molar-refractivity contribution < 1.29 is 9.47 Å². The second kappa shape index (κ2) is 9.62. The summed E-state index contributed by atoms with van der Waals surface area (Å²) in [4.78, 5) is 6.36. The third-order valence-corrected chi connectivity index (χ3v) is 3.50. The van der Waals surface area contributed by atoms with Gasteiger partial charge in [-0.15, -0.1) is 16.8 Å². The maximum Gasteiger partial charge on any atom is 0.233 e. The first kappa shape index (κ1) is 17.9. The molecule has 0 amide bonds. The molecule has 128 valence electrons. The van der Waals surface area contributed by atoms with Crippen LogP contribution in [0.2, 0.25) is 0 Å². The molecule has 0 aliphatic heterocycles. The van der Waals surface area contributed by atoms with E-state index >= 15 is 0 Å². The molecule has 0 aliphatic carbocycles. The van der Waals surface area contributed by atoms with Crippen molar-refractivity contribution in [3.8, 4) is 11.8 Å². The highest BCUT2D eigenvalue weighted by molar-refractivity contribution is 5.15. The number of likely N-dealkylation sites (N-methyl/N-ethyl adjacent to an activating group) is 1. The minimum Gasteiger partial charge on any atom is -0.480 e. The van der Waals surface area contributed by atoms with Gasteiger partial charge in [0.05, 0.1) is 7.11 Å². The van der Waals surface area contributed by atoms with Crippen LogP contribution >= 0.6 is 0 Å².